The number of nitrogens with one attached hydrogen (secondary N) is 1. The molecule has 98 valence electrons. The average molecular weight is 255 g/mol. The number of ether oxygens (including phenoxy) is 2. The Morgan fingerprint density at radius 2 is 1.88 bits per heavy atom. The van der Waals surface area contributed by atoms with Crippen LogP contribution in [0.1, 0.15) is 13.8 Å². The summed E-state index contributed by atoms with van der Waals surface area (Å²) in [6, 6.07) is 0. The lowest BCUT2D eigenvalue weighted by Gasteiger charge is -2.17. The molecule has 7 heteroatoms. The van der Waals surface area contributed by atoms with Crippen LogP contribution < -0.4 is 4.72 Å². The van der Waals surface area contributed by atoms with E-state index >= 15 is 0 Å². The molecule has 0 saturated heterocycles. The highest BCUT2D eigenvalue weighted by molar-refractivity contribution is 7.89. The predicted molar refractivity (Wildman–Crippen MR) is 60.8 cm³/mol. The fourth-order valence-corrected chi connectivity index (χ4v) is 1.83. The molecule has 6 nitrogen and oxygen atoms in total. The average Bonchev–Trinajstić information content (AvgIpc) is 2.14. The number of sulfonamides is 1. The molecule has 0 unspecified atom stereocenters. The molecular weight excluding hydrogens is 234 g/mol. The molecule has 0 atom stereocenters. The van der Waals surface area contributed by atoms with Crippen molar-refractivity contribution in [1.29, 1.82) is 0 Å². The van der Waals surface area contributed by atoms with E-state index in [0.29, 0.717) is 13.2 Å². The van der Waals surface area contributed by atoms with Crippen LogP contribution in [0.15, 0.2) is 0 Å². The molecular formula is C9H21NO5S. The van der Waals surface area contributed by atoms with Gasteiger partial charge in [0.1, 0.15) is 0 Å². The second kappa shape index (κ2) is 7.18. The van der Waals surface area contributed by atoms with Crippen LogP contribution >= 0.6 is 0 Å². The zero-order valence-corrected chi connectivity index (χ0v) is 10.8. The van der Waals surface area contributed by atoms with Gasteiger partial charge in [-0.1, -0.05) is 0 Å². The first kappa shape index (κ1) is 15.8. The maximum Gasteiger partial charge on any atom is 0.213 e. The van der Waals surface area contributed by atoms with Crippen LogP contribution in [0.2, 0.25) is 0 Å². The third-order valence-electron chi connectivity index (χ3n) is 1.65. The summed E-state index contributed by atoms with van der Waals surface area (Å²) in [7, 11) is -1.83. The minimum absolute atomic E-state index is 0.00654. The number of hydrogen-bond acceptors (Lipinski definition) is 5. The van der Waals surface area contributed by atoms with Gasteiger partial charge in [-0.3, -0.25) is 0 Å². The quantitative estimate of drug-likeness (QED) is 0.534. The summed E-state index contributed by atoms with van der Waals surface area (Å²) >= 11 is 0. The molecule has 0 aliphatic carbocycles. The molecule has 2 N–H and O–H groups in total. The molecule has 0 saturated carbocycles. The van der Waals surface area contributed by atoms with Gasteiger partial charge in [-0.05, 0) is 13.8 Å². The van der Waals surface area contributed by atoms with Crippen LogP contribution in [-0.4, -0.2) is 58.4 Å². The monoisotopic (exact) mass is 255 g/mol. The lowest BCUT2D eigenvalue weighted by molar-refractivity contribution is 0.0776. The minimum Gasteiger partial charge on any atom is -0.389 e. The summed E-state index contributed by atoms with van der Waals surface area (Å²) in [5.74, 6) is -0.118. The predicted octanol–water partition coefficient (Wildman–Crippen LogP) is -0.660. The van der Waals surface area contributed by atoms with Crippen molar-refractivity contribution >= 4 is 10.0 Å². The second-order valence-corrected chi connectivity index (χ2v) is 5.98. The molecule has 0 aliphatic heterocycles. The van der Waals surface area contributed by atoms with Crippen molar-refractivity contribution in [2.45, 2.75) is 19.4 Å². The Labute approximate surface area is 97.0 Å². The minimum atomic E-state index is -3.38. The van der Waals surface area contributed by atoms with Gasteiger partial charge in [0.25, 0.3) is 0 Å². The Morgan fingerprint density at radius 3 is 2.38 bits per heavy atom. The van der Waals surface area contributed by atoms with Gasteiger partial charge in [-0.25, -0.2) is 13.1 Å². The molecule has 0 amide bonds. The molecule has 0 aliphatic rings. The Bertz CT molecular complexity index is 270. The Morgan fingerprint density at radius 1 is 1.25 bits per heavy atom. The summed E-state index contributed by atoms with van der Waals surface area (Å²) in [5.41, 5.74) is -1.05. The van der Waals surface area contributed by atoms with E-state index < -0.39 is 15.6 Å². The van der Waals surface area contributed by atoms with E-state index in [1.807, 2.05) is 0 Å². The van der Waals surface area contributed by atoms with Crippen molar-refractivity contribution in [2.75, 3.05) is 39.2 Å². The molecule has 0 radical (unpaired) electrons. The van der Waals surface area contributed by atoms with Crippen molar-refractivity contribution < 1.29 is 23.0 Å². The maximum absolute atomic E-state index is 11.4. The summed E-state index contributed by atoms with van der Waals surface area (Å²) < 4.78 is 34.8. The highest BCUT2D eigenvalue weighted by Crippen LogP contribution is 1.98. The summed E-state index contributed by atoms with van der Waals surface area (Å²) in [6.07, 6.45) is 0. The summed E-state index contributed by atoms with van der Waals surface area (Å²) in [4.78, 5) is 0. The molecule has 0 rings (SSSR count). The van der Waals surface area contributed by atoms with Gasteiger partial charge in [0.15, 0.2) is 0 Å². The zero-order valence-electron chi connectivity index (χ0n) is 10.0. The number of hydrogen-bond donors (Lipinski definition) is 2. The Hall–Kier alpha value is -0.210. The van der Waals surface area contributed by atoms with Crippen LogP contribution in [0.3, 0.4) is 0 Å². The van der Waals surface area contributed by atoms with E-state index in [2.05, 4.69) is 4.72 Å². The normalized spacial score (nSPS) is 13.0. The maximum atomic E-state index is 11.4. The highest BCUT2D eigenvalue weighted by atomic mass is 32.2. The number of methoxy groups -OCH3 is 1. The SMILES string of the molecule is COCCOCCS(=O)(=O)NCC(C)(C)O. The molecule has 0 heterocycles. The Kier molecular flexibility index (Phi) is 7.09. The first-order valence-electron chi connectivity index (χ1n) is 5.03. The van der Waals surface area contributed by atoms with Crippen molar-refractivity contribution in [1.82, 2.24) is 4.72 Å². The van der Waals surface area contributed by atoms with Crippen molar-refractivity contribution in [3.05, 3.63) is 0 Å². The van der Waals surface area contributed by atoms with Crippen LogP contribution in [-0.2, 0) is 19.5 Å². The number of aliphatic hydroxyl groups is 1. The summed E-state index contributed by atoms with van der Waals surface area (Å²) in [6.45, 7) is 3.99. The number of rotatable bonds is 9. The van der Waals surface area contributed by atoms with E-state index in [9.17, 15) is 13.5 Å². The molecule has 0 fully saturated rings. The van der Waals surface area contributed by atoms with Gasteiger partial charge in [-0.15, -0.1) is 0 Å². The molecule has 0 spiro atoms. The molecule has 0 aromatic rings. The zero-order chi connectivity index (χ0) is 12.7. The van der Waals surface area contributed by atoms with Crippen molar-refractivity contribution in [3.8, 4) is 0 Å². The highest BCUT2D eigenvalue weighted by Gasteiger charge is 2.17. The fourth-order valence-electron chi connectivity index (χ4n) is 0.772. The van der Waals surface area contributed by atoms with Gasteiger partial charge in [0.05, 0.1) is 31.2 Å². The first-order chi connectivity index (χ1) is 7.27. The largest absolute Gasteiger partial charge is 0.389 e. The lowest BCUT2D eigenvalue weighted by Crippen LogP contribution is -2.39. The standard InChI is InChI=1S/C9H21NO5S/c1-9(2,11)8-10-16(12,13)7-6-15-5-4-14-3/h10-11H,4-8H2,1-3H3. The van der Waals surface area contributed by atoms with Crippen molar-refractivity contribution in [2.24, 2.45) is 0 Å². The van der Waals surface area contributed by atoms with Gasteiger partial charge in [-0.2, -0.15) is 0 Å². The third kappa shape index (κ3) is 10.3. The first-order valence-corrected chi connectivity index (χ1v) is 6.68. The van der Waals surface area contributed by atoms with E-state index in [1.54, 1.807) is 7.11 Å². The smallest absolute Gasteiger partial charge is 0.213 e. The third-order valence-corrected chi connectivity index (χ3v) is 2.94. The lowest BCUT2D eigenvalue weighted by atomic mass is 10.1. The Balaban J connectivity index is 3.71. The topological polar surface area (TPSA) is 84.9 Å². The molecule has 0 aromatic heterocycles. The second-order valence-electron chi connectivity index (χ2n) is 4.06. The van der Waals surface area contributed by atoms with Crippen LogP contribution in [0, 0.1) is 0 Å². The van der Waals surface area contributed by atoms with Gasteiger partial charge in [0.2, 0.25) is 10.0 Å². The summed E-state index contributed by atoms with van der Waals surface area (Å²) in [5, 5.41) is 9.35. The van der Waals surface area contributed by atoms with E-state index in [-0.39, 0.29) is 18.9 Å². The van der Waals surface area contributed by atoms with Gasteiger partial charge < -0.3 is 14.6 Å². The van der Waals surface area contributed by atoms with E-state index in [4.69, 9.17) is 9.47 Å². The molecule has 0 aromatic carbocycles. The van der Waals surface area contributed by atoms with Crippen LogP contribution in [0.25, 0.3) is 0 Å². The molecule has 0 bridgehead atoms. The van der Waals surface area contributed by atoms with Crippen LogP contribution in [0.4, 0.5) is 0 Å². The van der Waals surface area contributed by atoms with Gasteiger partial charge >= 0.3 is 0 Å². The molecule has 16 heavy (non-hydrogen) atoms. The van der Waals surface area contributed by atoms with E-state index in [0.717, 1.165) is 0 Å². The van der Waals surface area contributed by atoms with Crippen LogP contribution in [0.5, 0.6) is 0 Å². The van der Waals surface area contributed by atoms with Crippen molar-refractivity contribution in [3.63, 3.8) is 0 Å². The van der Waals surface area contributed by atoms with E-state index in [1.165, 1.54) is 13.8 Å². The fraction of sp³-hybridized carbons (Fsp3) is 1.00. The van der Waals surface area contributed by atoms with Gasteiger partial charge in [0, 0.05) is 13.7 Å².